The Bertz CT molecular complexity index is 624. The van der Waals surface area contributed by atoms with Crippen LogP contribution in [0.15, 0.2) is 17.0 Å². The minimum Gasteiger partial charge on any atom is -0.396 e. The Morgan fingerprint density at radius 2 is 2.19 bits per heavy atom. The molecule has 1 aromatic carbocycles. The molecule has 5 nitrogen and oxygen atoms in total. The summed E-state index contributed by atoms with van der Waals surface area (Å²) in [4.78, 5) is -0.483. The summed E-state index contributed by atoms with van der Waals surface area (Å²) in [6, 6.07) is 2.05. The molecule has 0 aliphatic carbocycles. The van der Waals surface area contributed by atoms with Crippen LogP contribution in [0.1, 0.15) is 25.7 Å². The average Bonchev–Trinajstić information content (AvgIpc) is 2.89. The number of rotatable bonds is 5. The Labute approximate surface area is 128 Å². The molecule has 2 rings (SSSR count). The van der Waals surface area contributed by atoms with Gasteiger partial charge in [0.15, 0.2) is 5.82 Å². The van der Waals surface area contributed by atoms with Crippen LogP contribution >= 0.6 is 11.6 Å². The second kappa shape index (κ2) is 6.48. The van der Waals surface area contributed by atoms with Crippen LogP contribution in [-0.2, 0) is 10.0 Å². The van der Waals surface area contributed by atoms with E-state index in [1.165, 1.54) is 10.4 Å². The Morgan fingerprint density at radius 1 is 1.48 bits per heavy atom. The van der Waals surface area contributed by atoms with Gasteiger partial charge in [0.25, 0.3) is 0 Å². The molecule has 8 heteroatoms. The minimum atomic E-state index is -3.98. The number of halogens is 2. The molecule has 1 aliphatic heterocycles. The van der Waals surface area contributed by atoms with Crippen LogP contribution in [0.25, 0.3) is 0 Å². The molecule has 118 valence electrons. The lowest BCUT2D eigenvalue weighted by Gasteiger charge is -2.24. The molecule has 21 heavy (non-hydrogen) atoms. The Kier molecular flexibility index (Phi) is 5.08. The predicted octanol–water partition coefficient (Wildman–Crippen LogP) is 1.99. The van der Waals surface area contributed by atoms with Gasteiger partial charge < -0.3 is 10.8 Å². The van der Waals surface area contributed by atoms with E-state index in [-0.39, 0.29) is 23.4 Å². The summed E-state index contributed by atoms with van der Waals surface area (Å²) in [5.74, 6) is -0.966. The minimum absolute atomic E-state index is 0.00284. The molecule has 1 saturated heterocycles. The predicted molar refractivity (Wildman–Crippen MR) is 79.1 cm³/mol. The molecular weight excluding hydrogens is 319 g/mol. The molecule has 0 spiro atoms. The van der Waals surface area contributed by atoms with Crippen molar-refractivity contribution in [1.82, 2.24) is 4.31 Å². The number of nitrogen functional groups attached to an aromatic ring is 1. The first kappa shape index (κ1) is 16.5. The zero-order valence-electron chi connectivity index (χ0n) is 11.4. The second-order valence-corrected chi connectivity index (χ2v) is 7.38. The SMILES string of the molecule is Nc1cc(Cl)cc(S(=O)(=O)N2CCCC2CCCO)c1F. The molecule has 0 aromatic heterocycles. The van der Waals surface area contributed by atoms with Gasteiger partial charge in [-0.2, -0.15) is 4.31 Å². The molecular formula is C13H18ClFN2O3S. The second-order valence-electron chi connectivity index (χ2n) is 5.08. The first-order chi connectivity index (χ1) is 9.87. The van der Waals surface area contributed by atoms with Crippen molar-refractivity contribution < 1.29 is 17.9 Å². The quantitative estimate of drug-likeness (QED) is 0.805. The maximum Gasteiger partial charge on any atom is 0.246 e. The lowest BCUT2D eigenvalue weighted by atomic mass is 10.1. The number of hydrogen-bond donors (Lipinski definition) is 2. The molecule has 0 radical (unpaired) electrons. The van der Waals surface area contributed by atoms with Crippen molar-refractivity contribution in [2.45, 2.75) is 36.6 Å². The van der Waals surface area contributed by atoms with Crippen molar-refractivity contribution in [2.24, 2.45) is 0 Å². The number of anilines is 1. The molecule has 3 N–H and O–H groups in total. The Morgan fingerprint density at radius 3 is 2.86 bits per heavy atom. The molecule has 1 atom stereocenters. The summed E-state index contributed by atoms with van der Waals surface area (Å²) >= 11 is 5.79. The molecule has 0 bridgehead atoms. The van der Waals surface area contributed by atoms with Crippen LogP contribution in [0, 0.1) is 5.82 Å². The fraction of sp³-hybridized carbons (Fsp3) is 0.538. The zero-order chi connectivity index (χ0) is 15.6. The van der Waals surface area contributed by atoms with Crippen LogP contribution < -0.4 is 5.73 Å². The van der Waals surface area contributed by atoms with Gasteiger partial charge in [0.05, 0.1) is 5.69 Å². The van der Waals surface area contributed by atoms with Gasteiger partial charge in [-0.15, -0.1) is 0 Å². The van der Waals surface area contributed by atoms with Gasteiger partial charge in [0.1, 0.15) is 4.90 Å². The van der Waals surface area contributed by atoms with E-state index in [1.807, 2.05) is 0 Å². The lowest BCUT2D eigenvalue weighted by Crippen LogP contribution is -2.36. The zero-order valence-corrected chi connectivity index (χ0v) is 13.0. The van der Waals surface area contributed by atoms with Crippen LogP contribution in [0.5, 0.6) is 0 Å². The number of nitrogens with zero attached hydrogens (tertiary/aromatic N) is 1. The van der Waals surface area contributed by atoms with E-state index in [1.54, 1.807) is 0 Å². The van der Waals surface area contributed by atoms with Gasteiger partial charge in [0.2, 0.25) is 10.0 Å². The monoisotopic (exact) mass is 336 g/mol. The molecule has 1 aliphatic rings. The lowest BCUT2D eigenvalue weighted by molar-refractivity contribution is 0.264. The summed E-state index contributed by atoms with van der Waals surface area (Å²) in [5.41, 5.74) is 5.17. The van der Waals surface area contributed by atoms with Gasteiger partial charge in [0, 0.05) is 24.2 Å². The fourth-order valence-corrected chi connectivity index (χ4v) is 4.78. The summed E-state index contributed by atoms with van der Waals surface area (Å²) in [6.45, 7) is 0.340. The van der Waals surface area contributed by atoms with Crippen LogP contribution in [0.3, 0.4) is 0 Å². The van der Waals surface area contributed by atoms with Gasteiger partial charge in [-0.25, -0.2) is 12.8 Å². The number of hydrogen-bond acceptors (Lipinski definition) is 4. The first-order valence-electron chi connectivity index (χ1n) is 6.75. The third-order valence-corrected chi connectivity index (χ3v) is 5.81. The molecule has 1 heterocycles. The Balaban J connectivity index is 2.38. The molecule has 1 fully saturated rings. The van der Waals surface area contributed by atoms with Gasteiger partial charge in [-0.3, -0.25) is 0 Å². The largest absolute Gasteiger partial charge is 0.396 e. The molecule has 0 saturated carbocycles. The van der Waals surface area contributed by atoms with E-state index in [0.29, 0.717) is 32.2 Å². The summed E-state index contributed by atoms with van der Waals surface area (Å²) in [6.07, 6.45) is 2.48. The van der Waals surface area contributed by atoms with Crippen molar-refractivity contribution in [3.63, 3.8) is 0 Å². The standard InChI is InChI=1S/C13H18ClFN2O3S/c14-9-7-11(16)13(15)12(8-9)21(19,20)17-5-1-3-10(17)4-2-6-18/h7-8,10,18H,1-6,16H2. The number of aliphatic hydroxyl groups is 1. The van der Waals surface area contributed by atoms with E-state index in [9.17, 15) is 12.8 Å². The van der Waals surface area contributed by atoms with E-state index < -0.39 is 20.7 Å². The van der Waals surface area contributed by atoms with E-state index >= 15 is 0 Å². The summed E-state index contributed by atoms with van der Waals surface area (Å²) in [5, 5.41) is 8.97. The summed E-state index contributed by atoms with van der Waals surface area (Å²) < 4.78 is 40.7. The van der Waals surface area contributed by atoms with Crippen molar-refractivity contribution >= 4 is 27.3 Å². The van der Waals surface area contributed by atoms with E-state index in [2.05, 4.69) is 0 Å². The van der Waals surface area contributed by atoms with Crippen LogP contribution in [0.4, 0.5) is 10.1 Å². The van der Waals surface area contributed by atoms with E-state index in [0.717, 1.165) is 6.07 Å². The average molecular weight is 337 g/mol. The van der Waals surface area contributed by atoms with Crippen molar-refractivity contribution in [3.05, 3.63) is 23.0 Å². The summed E-state index contributed by atoms with van der Waals surface area (Å²) in [7, 11) is -3.98. The van der Waals surface area contributed by atoms with Crippen molar-refractivity contribution in [3.8, 4) is 0 Å². The fourth-order valence-electron chi connectivity index (χ4n) is 2.64. The smallest absolute Gasteiger partial charge is 0.246 e. The number of sulfonamides is 1. The molecule has 0 amide bonds. The number of nitrogens with two attached hydrogens (primary N) is 1. The number of aliphatic hydroxyl groups excluding tert-OH is 1. The first-order valence-corrected chi connectivity index (χ1v) is 8.57. The highest BCUT2D eigenvalue weighted by Crippen LogP contribution is 2.32. The normalized spacial score (nSPS) is 20.0. The van der Waals surface area contributed by atoms with Crippen LogP contribution in [0.2, 0.25) is 5.02 Å². The molecule has 1 aromatic rings. The maximum absolute atomic E-state index is 14.1. The van der Waals surface area contributed by atoms with Gasteiger partial charge >= 0.3 is 0 Å². The third-order valence-electron chi connectivity index (χ3n) is 3.64. The Hall–Kier alpha value is -0.890. The maximum atomic E-state index is 14.1. The molecule has 1 unspecified atom stereocenters. The van der Waals surface area contributed by atoms with E-state index in [4.69, 9.17) is 22.4 Å². The highest BCUT2D eigenvalue weighted by molar-refractivity contribution is 7.89. The van der Waals surface area contributed by atoms with Crippen molar-refractivity contribution in [1.29, 1.82) is 0 Å². The van der Waals surface area contributed by atoms with Gasteiger partial charge in [-0.1, -0.05) is 11.6 Å². The third kappa shape index (κ3) is 3.31. The highest BCUT2D eigenvalue weighted by Gasteiger charge is 2.36. The van der Waals surface area contributed by atoms with Crippen LogP contribution in [-0.4, -0.2) is 37.0 Å². The number of benzene rings is 1. The van der Waals surface area contributed by atoms with Crippen molar-refractivity contribution in [2.75, 3.05) is 18.9 Å². The van der Waals surface area contributed by atoms with Gasteiger partial charge in [-0.05, 0) is 37.8 Å². The highest BCUT2D eigenvalue weighted by atomic mass is 35.5. The topological polar surface area (TPSA) is 83.6 Å².